The van der Waals surface area contributed by atoms with E-state index in [2.05, 4.69) is 5.10 Å². The van der Waals surface area contributed by atoms with Gasteiger partial charge in [-0.15, -0.1) is 0 Å². The molecule has 7 heteroatoms. The van der Waals surface area contributed by atoms with Gasteiger partial charge < -0.3 is 9.84 Å². The van der Waals surface area contributed by atoms with Gasteiger partial charge in [0.1, 0.15) is 6.17 Å². The number of phenols is 1. The summed E-state index contributed by atoms with van der Waals surface area (Å²) in [5.74, 6) is 0.490. The molecule has 2 rings (SSSR count). The Labute approximate surface area is 147 Å². The number of methoxy groups -OCH3 is 1. The zero-order chi connectivity index (χ0) is 17.9. The Morgan fingerprint density at radius 3 is 2.67 bits per heavy atom. The van der Waals surface area contributed by atoms with Crippen LogP contribution in [0.15, 0.2) is 23.3 Å². The second-order valence-electron chi connectivity index (χ2n) is 5.85. The van der Waals surface area contributed by atoms with E-state index in [4.69, 9.17) is 4.74 Å². The van der Waals surface area contributed by atoms with Crippen molar-refractivity contribution in [3.05, 3.63) is 23.8 Å². The van der Waals surface area contributed by atoms with Gasteiger partial charge in [-0.2, -0.15) is 5.10 Å². The summed E-state index contributed by atoms with van der Waals surface area (Å²) in [5.41, 5.74) is 1.69. The maximum Gasteiger partial charge on any atom is 0.303 e. The lowest BCUT2D eigenvalue weighted by Crippen LogP contribution is -2.47. The Balaban J connectivity index is 2.48. The molecule has 0 aliphatic carbocycles. The zero-order valence-corrected chi connectivity index (χ0v) is 15.6. The van der Waals surface area contributed by atoms with Crippen molar-refractivity contribution in [1.29, 1.82) is 0 Å². The summed E-state index contributed by atoms with van der Waals surface area (Å²) in [6.45, 7) is 4.07. The molecule has 2 unspecified atom stereocenters. The molecule has 0 fully saturated rings. The van der Waals surface area contributed by atoms with Crippen LogP contribution in [-0.4, -0.2) is 58.6 Å². The number of rotatable bonds is 6. The molecule has 1 heterocycles. The Morgan fingerprint density at radius 2 is 2.12 bits per heavy atom. The molecule has 1 aliphatic rings. The van der Waals surface area contributed by atoms with Crippen molar-refractivity contribution in [2.75, 3.05) is 21.2 Å². The third-order valence-electron chi connectivity index (χ3n) is 4.04. The monoisotopic (exact) mass is 351 g/mol. The summed E-state index contributed by atoms with van der Waals surface area (Å²) in [4.78, 5) is 14.5. The number of carbonyl (C=O) groups excluding carboxylic acids is 1. The Bertz CT molecular complexity index is 634. The number of hydrogen-bond acceptors (Lipinski definition) is 6. The standard InChI is InChI=1S/C17H25N3O3S/c1-6-14-16(11-8-9-12(21)13(10-11)23-5)18-20(17(22)24-14)15(7-2)19(3)4/h8-10,14-15,21H,6-7H2,1-5H3. The third kappa shape index (κ3) is 3.67. The number of amides is 1. The second kappa shape index (κ2) is 7.90. The largest absolute Gasteiger partial charge is 0.504 e. The first-order valence-electron chi connectivity index (χ1n) is 8.05. The topological polar surface area (TPSA) is 65.4 Å². The Morgan fingerprint density at radius 1 is 1.42 bits per heavy atom. The van der Waals surface area contributed by atoms with E-state index in [9.17, 15) is 9.90 Å². The van der Waals surface area contributed by atoms with Gasteiger partial charge in [0.15, 0.2) is 11.5 Å². The molecule has 24 heavy (non-hydrogen) atoms. The van der Waals surface area contributed by atoms with Gasteiger partial charge in [-0.3, -0.25) is 9.69 Å². The van der Waals surface area contributed by atoms with Gasteiger partial charge in [-0.05, 0) is 45.1 Å². The normalized spacial score (nSPS) is 19.4. The number of ether oxygens (including phenoxy) is 1. The summed E-state index contributed by atoms with van der Waals surface area (Å²) in [7, 11) is 5.40. The fourth-order valence-electron chi connectivity index (χ4n) is 2.76. The van der Waals surface area contributed by atoms with E-state index in [-0.39, 0.29) is 22.4 Å². The predicted molar refractivity (Wildman–Crippen MR) is 97.9 cm³/mol. The number of nitrogens with zero attached hydrogens (tertiary/aromatic N) is 3. The second-order valence-corrected chi connectivity index (χ2v) is 7.00. The summed E-state index contributed by atoms with van der Waals surface area (Å²) in [6, 6.07) is 5.17. The highest BCUT2D eigenvalue weighted by Crippen LogP contribution is 2.33. The molecule has 0 radical (unpaired) electrons. The van der Waals surface area contributed by atoms with Crippen LogP contribution >= 0.6 is 11.8 Å². The molecular formula is C17H25N3O3S. The van der Waals surface area contributed by atoms with Crippen LogP contribution in [0.2, 0.25) is 0 Å². The molecular weight excluding hydrogens is 326 g/mol. The SMILES string of the molecule is CCC1SC(=O)N(C(CC)N(C)C)N=C1c1ccc(O)c(OC)c1. The molecule has 0 saturated heterocycles. The lowest BCUT2D eigenvalue weighted by Gasteiger charge is -2.36. The van der Waals surface area contributed by atoms with Crippen LogP contribution in [0.25, 0.3) is 0 Å². The minimum absolute atomic E-state index is 0.0114. The Hall–Kier alpha value is -1.73. The number of hydrazone groups is 1. The molecule has 132 valence electrons. The lowest BCUT2D eigenvalue weighted by molar-refractivity contribution is 0.114. The number of thioether (sulfide) groups is 1. The average Bonchev–Trinajstić information content (AvgIpc) is 2.56. The van der Waals surface area contributed by atoms with E-state index in [1.807, 2.05) is 38.9 Å². The number of phenolic OH excluding ortho intramolecular Hbond substituents is 1. The van der Waals surface area contributed by atoms with Gasteiger partial charge in [-0.1, -0.05) is 25.6 Å². The van der Waals surface area contributed by atoms with Crippen molar-refractivity contribution in [2.24, 2.45) is 5.10 Å². The van der Waals surface area contributed by atoms with Gasteiger partial charge >= 0.3 is 5.24 Å². The first-order chi connectivity index (χ1) is 11.4. The van der Waals surface area contributed by atoms with E-state index in [1.54, 1.807) is 17.1 Å². The fourth-order valence-corrected chi connectivity index (χ4v) is 3.73. The summed E-state index contributed by atoms with van der Waals surface area (Å²) in [5, 5.41) is 16.0. The first kappa shape index (κ1) is 18.6. The summed E-state index contributed by atoms with van der Waals surface area (Å²) >= 11 is 1.30. The lowest BCUT2D eigenvalue weighted by atomic mass is 10.0. The van der Waals surface area contributed by atoms with E-state index in [1.165, 1.54) is 18.9 Å². The van der Waals surface area contributed by atoms with Crippen LogP contribution in [0.5, 0.6) is 11.5 Å². The quantitative estimate of drug-likeness (QED) is 0.851. The van der Waals surface area contributed by atoms with Crippen molar-refractivity contribution in [1.82, 2.24) is 9.91 Å². The predicted octanol–water partition coefficient (Wildman–Crippen LogP) is 3.35. The van der Waals surface area contributed by atoms with Crippen molar-refractivity contribution in [3.8, 4) is 11.5 Å². The minimum atomic E-state index is -0.0863. The van der Waals surface area contributed by atoms with Gasteiger partial charge in [-0.25, -0.2) is 5.01 Å². The van der Waals surface area contributed by atoms with Gasteiger partial charge in [0.05, 0.1) is 18.1 Å². The van der Waals surface area contributed by atoms with E-state index < -0.39 is 0 Å². The molecule has 0 bridgehead atoms. The summed E-state index contributed by atoms with van der Waals surface area (Å²) in [6.07, 6.45) is 1.49. The Kier molecular flexibility index (Phi) is 6.12. The molecule has 0 saturated carbocycles. The van der Waals surface area contributed by atoms with Crippen LogP contribution in [0, 0.1) is 0 Å². The average molecular weight is 351 g/mol. The minimum Gasteiger partial charge on any atom is -0.504 e. The fraction of sp³-hybridized carbons (Fsp3) is 0.529. The molecule has 0 aromatic heterocycles. The van der Waals surface area contributed by atoms with Crippen molar-refractivity contribution < 1.29 is 14.6 Å². The molecule has 2 atom stereocenters. The van der Waals surface area contributed by atoms with E-state index in [0.29, 0.717) is 5.75 Å². The van der Waals surface area contributed by atoms with Crippen LogP contribution in [0.4, 0.5) is 4.79 Å². The van der Waals surface area contributed by atoms with Crippen molar-refractivity contribution in [3.63, 3.8) is 0 Å². The molecule has 1 aromatic rings. The maximum absolute atomic E-state index is 12.5. The third-order valence-corrected chi connectivity index (χ3v) is 5.27. The molecule has 1 N–H and O–H groups in total. The number of carbonyl (C=O) groups is 1. The molecule has 0 spiro atoms. The van der Waals surface area contributed by atoms with Gasteiger partial charge in [0.2, 0.25) is 0 Å². The number of hydrogen-bond donors (Lipinski definition) is 1. The van der Waals surface area contributed by atoms with Crippen molar-refractivity contribution in [2.45, 2.75) is 38.1 Å². The first-order valence-corrected chi connectivity index (χ1v) is 8.93. The molecule has 1 aromatic carbocycles. The highest BCUT2D eigenvalue weighted by molar-refractivity contribution is 8.14. The van der Waals surface area contributed by atoms with Crippen LogP contribution in [0.3, 0.4) is 0 Å². The van der Waals surface area contributed by atoms with E-state index >= 15 is 0 Å². The number of aromatic hydroxyl groups is 1. The van der Waals surface area contributed by atoms with E-state index in [0.717, 1.165) is 24.1 Å². The smallest absolute Gasteiger partial charge is 0.303 e. The molecule has 1 aliphatic heterocycles. The van der Waals surface area contributed by atoms with Crippen LogP contribution < -0.4 is 4.74 Å². The van der Waals surface area contributed by atoms with Gasteiger partial charge in [0.25, 0.3) is 0 Å². The van der Waals surface area contributed by atoms with Crippen LogP contribution in [0.1, 0.15) is 32.3 Å². The highest BCUT2D eigenvalue weighted by atomic mass is 32.2. The zero-order valence-electron chi connectivity index (χ0n) is 14.8. The number of benzene rings is 1. The highest BCUT2D eigenvalue weighted by Gasteiger charge is 2.34. The van der Waals surface area contributed by atoms with Crippen LogP contribution in [-0.2, 0) is 0 Å². The van der Waals surface area contributed by atoms with Gasteiger partial charge in [0, 0.05) is 5.56 Å². The van der Waals surface area contributed by atoms with Crippen molar-refractivity contribution >= 4 is 22.7 Å². The molecule has 1 amide bonds. The molecule has 6 nitrogen and oxygen atoms in total. The summed E-state index contributed by atoms with van der Waals surface area (Å²) < 4.78 is 5.20. The maximum atomic E-state index is 12.5.